The summed E-state index contributed by atoms with van der Waals surface area (Å²) >= 11 is 0. The Morgan fingerprint density at radius 2 is 1.60 bits per heavy atom. The van der Waals surface area contributed by atoms with Crippen LogP contribution in [0.15, 0.2) is 0 Å². The Morgan fingerprint density at radius 1 is 1.04 bits per heavy atom. The zero-order valence-electron chi connectivity index (χ0n) is 16.2. The molecule has 0 aromatic rings. The molecule has 2 rings (SSSR count). The second-order valence-corrected chi connectivity index (χ2v) is 9.04. The highest BCUT2D eigenvalue weighted by Crippen LogP contribution is 2.55. The second-order valence-electron chi connectivity index (χ2n) is 7.59. The lowest BCUT2D eigenvalue weighted by Crippen LogP contribution is -2.33. The Balaban J connectivity index is 1.81. The van der Waals surface area contributed by atoms with Gasteiger partial charge in [0, 0.05) is 24.9 Å². The lowest BCUT2D eigenvalue weighted by atomic mass is 10.1. The normalized spacial score (nSPS) is 26.4. The van der Waals surface area contributed by atoms with Gasteiger partial charge in [-0.15, -0.1) is 11.8 Å². The summed E-state index contributed by atoms with van der Waals surface area (Å²) in [4.78, 5) is 0. The fraction of sp³-hybridized carbons (Fsp3) is 0.850. The molecule has 2 aliphatic carbocycles. The van der Waals surface area contributed by atoms with Crippen molar-refractivity contribution in [1.29, 1.82) is 5.26 Å². The molecule has 2 unspecified atom stereocenters. The van der Waals surface area contributed by atoms with Crippen LogP contribution in [0.3, 0.4) is 0 Å². The molecule has 1 fully saturated rings. The van der Waals surface area contributed by atoms with E-state index in [0.717, 1.165) is 43.6 Å². The van der Waals surface area contributed by atoms with Crippen LogP contribution in [0, 0.1) is 40.9 Å². The van der Waals surface area contributed by atoms with Gasteiger partial charge in [0.15, 0.2) is 0 Å². The van der Waals surface area contributed by atoms with Crippen molar-refractivity contribution in [2.45, 2.75) is 78.3 Å². The second kappa shape index (κ2) is 10.5. The van der Waals surface area contributed by atoms with Crippen molar-refractivity contribution in [3.8, 4) is 17.9 Å². The average Bonchev–Trinajstić information content (AvgIpc) is 3.15. The molecule has 0 amide bonds. The van der Waals surface area contributed by atoms with E-state index in [1.807, 2.05) is 0 Å². The highest BCUT2D eigenvalue weighted by atomic mass is 31.2. The van der Waals surface area contributed by atoms with Gasteiger partial charge in [0.2, 0.25) is 0 Å². The molecule has 140 valence electrons. The lowest BCUT2D eigenvalue weighted by Gasteiger charge is -2.35. The highest BCUT2D eigenvalue weighted by molar-refractivity contribution is 7.44. The van der Waals surface area contributed by atoms with E-state index in [1.165, 1.54) is 12.8 Å². The van der Waals surface area contributed by atoms with E-state index in [2.05, 4.69) is 50.3 Å². The highest BCUT2D eigenvalue weighted by Gasteiger charge is 2.48. The monoisotopic (exact) mass is 364 g/mol. The number of nitrogens with zero attached hydrogens (tertiary/aromatic N) is 2. The molecular weight excluding hydrogens is 331 g/mol. The van der Waals surface area contributed by atoms with E-state index in [4.69, 9.17) is 14.3 Å². The van der Waals surface area contributed by atoms with E-state index in [1.54, 1.807) is 0 Å². The van der Waals surface area contributed by atoms with Crippen LogP contribution in [-0.2, 0) is 9.05 Å². The first kappa shape index (κ1) is 20.7. The summed E-state index contributed by atoms with van der Waals surface area (Å²) in [7, 11) is -1.09. The molecule has 0 spiro atoms. The number of nitriles is 1. The van der Waals surface area contributed by atoms with E-state index in [9.17, 15) is 0 Å². The largest absolute Gasteiger partial charge is 0.322 e. The van der Waals surface area contributed by atoms with Gasteiger partial charge >= 0.3 is 0 Å². The summed E-state index contributed by atoms with van der Waals surface area (Å²) in [6.45, 7) is 9.91. The average molecular weight is 364 g/mol. The number of hydrogen-bond donors (Lipinski definition) is 0. The quantitative estimate of drug-likeness (QED) is 0.307. The lowest BCUT2D eigenvalue weighted by molar-refractivity contribution is 0.172. The molecule has 4 nitrogen and oxygen atoms in total. The molecule has 0 aliphatic heterocycles. The van der Waals surface area contributed by atoms with Gasteiger partial charge < -0.3 is 9.05 Å². The summed E-state index contributed by atoms with van der Waals surface area (Å²) in [6.07, 6.45) is 6.20. The van der Waals surface area contributed by atoms with Gasteiger partial charge in [-0.05, 0) is 64.7 Å². The molecule has 1 saturated carbocycles. The fourth-order valence-electron chi connectivity index (χ4n) is 4.04. The maximum absolute atomic E-state index is 8.77. The van der Waals surface area contributed by atoms with Gasteiger partial charge in [-0.2, -0.15) is 5.26 Å². The molecule has 25 heavy (non-hydrogen) atoms. The Labute approximate surface area is 155 Å². The molecule has 4 atom stereocenters. The van der Waals surface area contributed by atoms with Crippen LogP contribution in [0.25, 0.3) is 0 Å². The van der Waals surface area contributed by atoms with Crippen molar-refractivity contribution < 1.29 is 9.05 Å². The molecule has 0 saturated heterocycles. The van der Waals surface area contributed by atoms with Crippen molar-refractivity contribution in [2.24, 2.45) is 17.8 Å². The number of hydrogen-bond acceptors (Lipinski definition) is 4. The van der Waals surface area contributed by atoms with Gasteiger partial charge in [0.1, 0.15) is 0 Å². The van der Waals surface area contributed by atoms with Crippen LogP contribution in [-0.4, -0.2) is 30.0 Å². The summed E-state index contributed by atoms with van der Waals surface area (Å²) in [5, 5.41) is 8.77. The smallest absolute Gasteiger partial charge is 0.259 e. The fourth-order valence-corrected chi connectivity index (χ4v) is 5.65. The molecule has 0 heterocycles. The molecule has 5 heteroatoms. The zero-order chi connectivity index (χ0) is 18.2. The molecule has 0 bridgehead atoms. The van der Waals surface area contributed by atoms with Crippen LogP contribution in [0.1, 0.15) is 66.2 Å². The summed E-state index contributed by atoms with van der Waals surface area (Å²) in [5.74, 6) is 9.10. The third-order valence-corrected chi connectivity index (χ3v) is 7.26. The van der Waals surface area contributed by atoms with E-state index in [0.29, 0.717) is 25.1 Å². The van der Waals surface area contributed by atoms with E-state index < -0.39 is 8.53 Å². The zero-order valence-corrected chi connectivity index (χ0v) is 17.1. The third-order valence-electron chi connectivity index (χ3n) is 5.15. The topological polar surface area (TPSA) is 45.5 Å². The van der Waals surface area contributed by atoms with Crippen LogP contribution < -0.4 is 0 Å². The maximum atomic E-state index is 8.77. The SMILES string of the molecule is CC(C)N(C(C)C)P(OCCC#N)OCCC1[C@H]2CCC#CCC[C@@H]12. The van der Waals surface area contributed by atoms with E-state index in [-0.39, 0.29) is 0 Å². The van der Waals surface area contributed by atoms with Gasteiger partial charge in [0.05, 0.1) is 25.7 Å². The van der Waals surface area contributed by atoms with Gasteiger partial charge in [-0.3, -0.25) is 0 Å². The minimum Gasteiger partial charge on any atom is -0.322 e. The maximum Gasteiger partial charge on any atom is 0.259 e. The van der Waals surface area contributed by atoms with Crippen molar-refractivity contribution in [1.82, 2.24) is 4.67 Å². The molecule has 0 N–H and O–H groups in total. The minimum atomic E-state index is -1.09. The van der Waals surface area contributed by atoms with Gasteiger partial charge in [0.25, 0.3) is 8.53 Å². The first-order valence-corrected chi connectivity index (χ1v) is 10.9. The summed E-state index contributed by atoms with van der Waals surface area (Å²) in [6, 6.07) is 2.87. The van der Waals surface area contributed by atoms with Crippen LogP contribution in [0.2, 0.25) is 0 Å². The van der Waals surface area contributed by atoms with Crippen molar-refractivity contribution in [3.05, 3.63) is 0 Å². The summed E-state index contributed by atoms with van der Waals surface area (Å²) < 4.78 is 14.5. The van der Waals surface area contributed by atoms with Crippen molar-refractivity contribution in [3.63, 3.8) is 0 Å². The van der Waals surface area contributed by atoms with Crippen molar-refractivity contribution in [2.75, 3.05) is 13.2 Å². The first-order chi connectivity index (χ1) is 12.1. The summed E-state index contributed by atoms with van der Waals surface area (Å²) in [5.41, 5.74) is 0. The van der Waals surface area contributed by atoms with Crippen LogP contribution in [0.4, 0.5) is 0 Å². The molecule has 0 radical (unpaired) electrons. The first-order valence-electron chi connectivity index (χ1n) is 9.73. The standard InChI is InChI=1S/C20H33N2O2P/c1-16(2)22(17(3)4)25(23-14-9-13-21)24-15-12-20-18-10-7-5-6-8-11-19(18)20/h16-20H,7-12,14-15H2,1-4H3/t18-,19+,20?,25?. The number of rotatable bonds is 10. The Morgan fingerprint density at radius 3 is 2.12 bits per heavy atom. The third kappa shape index (κ3) is 6.23. The molecular formula is C20H33N2O2P. The Bertz CT molecular complexity index is 480. The van der Waals surface area contributed by atoms with E-state index >= 15 is 0 Å². The molecule has 2 aliphatic rings. The molecule has 0 aromatic heterocycles. The van der Waals surface area contributed by atoms with Crippen LogP contribution >= 0.6 is 8.53 Å². The predicted molar refractivity (Wildman–Crippen MR) is 102 cm³/mol. The Hall–Kier alpha value is -0.640. The van der Waals surface area contributed by atoms with Crippen molar-refractivity contribution >= 4 is 8.53 Å². The molecule has 0 aromatic carbocycles. The van der Waals surface area contributed by atoms with Crippen LogP contribution in [0.5, 0.6) is 0 Å². The Kier molecular flexibility index (Phi) is 8.68. The number of fused-ring (bicyclic) bond motifs is 1. The minimum absolute atomic E-state index is 0.362. The van der Waals surface area contributed by atoms with Gasteiger partial charge in [-0.25, -0.2) is 4.67 Å². The predicted octanol–water partition coefficient (Wildman–Crippen LogP) is 5.11. The van der Waals surface area contributed by atoms with Gasteiger partial charge in [-0.1, -0.05) is 0 Å².